The van der Waals surface area contributed by atoms with Gasteiger partial charge in [-0.15, -0.1) is 0 Å². The van der Waals surface area contributed by atoms with Gasteiger partial charge in [-0.3, -0.25) is 4.79 Å². The summed E-state index contributed by atoms with van der Waals surface area (Å²) in [6.07, 6.45) is 1.42. The van der Waals surface area contributed by atoms with Crippen LogP contribution in [-0.2, 0) is 4.79 Å². The Labute approximate surface area is 173 Å². The van der Waals surface area contributed by atoms with Gasteiger partial charge in [-0.2, -0.15) is 0 Å². The van der Waals surface area contributed by atoms with E-state index in [1.54, 1.807) is 20.3 Å². The number of halogens is 2. The molecule has 0 atom stereocenters. The first-order valence-electron chi connectivity index (χ1n) is 8.76. The number of hydrogen-bond donors (Lipinski definition) is 2. The molecule has 7 nitrogen and oxygen atoms in total. The Morgan fingerprint density at radius 3 is 2.60 bits per heavy atom. The molecule has 2 aromatic heterocycles. The number of hydrogen-bond acceptors (Lipinski definition) is 6. The summed E-state index contributed by atoms with van der Waals surface area (Å²) in [6, 6.07) is 6.81. The van der Waals surface area contributed by atoms with Gasteiger partial charge in [0.25, 0.3) is 0 Å². The number of methoxy groups -OCH3 is 2. The van der Waals surface area contributed by atoms with E-state index in [-0.39, 0.29) is 17.3 Å². The summed E-state index contributed by atoms with van der Waals surface area (Å²) >= 11 is 1.20. The first kappa shape index (κ1) is 19.9. The maximum Gasteiger partial charge on any atom is 0.234 e. The van der Waals surface area contributed by atoms with E-state index in [1.807, 2.05) is 6.07 Å². The second-order valence-corrected chi connectivity index (χ2v) is 7.21. The first-order valence-corrected chi connectivity index (χ1v) is 9.75. The van der Waals surface area contributed by atoms with Crippen LogP contribution in [0.25, 0.3) is 21.9 Å². The van der Waals surface area contributed by atoms with Crippen LogP contribution < -0.4 is 14.8 Å². The molecule has 2 N–H and O–H groups in total. The lowest BCUT2D eigenvalue weighted by atomic mass is 10.2. The van der Waals surface area contributed by atoms with Crippen molar-refractivity contribution in [2.24, 2.45) is 0 Å². The average Bonchev–Trinajstić information content (AvgIpc) is 3.11. The number of ether oxygens (including phenoxy) is 2. The van der Waals surface area contributed by atoms with Crippen molar-refractivity contribution in [2.75, 3.05) is 25.3 Å². The van der Waals surface area contributed by atoms with Gasteiger partial charge in [0.2, 0.25) is 5.91 Å². The zero-order chi connectivity index (χ0) is 21.3. The van der Waals surface area contributed by atoms with E-state index in [4.69, 9.17) is 9.47 Å². The molecule has 0 saturated heterocycles. The molecule has 1 amide bonds. The van der Waals surface area contributed by atoms with Gasteiger partial charge < -0.3 is 19.8 Å². The zero-order valence-corrected chi connectivity index (χ0v) is 16.8. The Bertz CT molecular complexity index is 1260. The molecule has 4 aromatic rings. The smallest absolute Gasteiger partial charge is 0.234 e. The van der Waals surface area contributed by atoms with Gasteiger partial charge in [0.1, 0.15) is 16.9 Å². The summed E-state index contributed by atoms with van der Waals surface area (Å²) in [5, 5.41) is 3.94. The number of fused-ring (bicyclic) bond motifs is 3. The largest absolute Gasteiger partial charge is 0.493 e. The summed E-state index contributed by atoms with van der Waals surface area (Å²) in [5.74, 6) is -1.21. The lowest BCUT2D eigenvalue weighted by Gasteiger charge is -2.06. The monoisotopic (exact) mass is 430 g/mol. The van der Waals surface area contributed by atoms with E-state index in [0.29, 0.717) is 27.6 Å². The van der Waals surface area contributed by atoms with Crippen LogP contribution >= 0.6 is 11.8 Å². The van der Waals surface area contributed by atoms with Crippen LogP contribution in [0.1, 0.15) is 0 Å². The highest BCUT2D eigenvalue weighted by Crippen LogP contribution is 2.36. The second kappa shape index (κ2) is 8.15. The third kappa shape index (κ3) is 3.73. The van der Waals surface area contributed by atoms with E-state index < -0.39 is 11.6 Å². The van der Waals surface area contributed by atoms with Crippen molar-refractivity contribution >= 4 is 45.3 Å². The van der Waals surface area contributed by atoms with Gasteiger partial charge in [0.15, 0.2) is 23.1 Å². The van der Waals surface area contributed by atoms with Crippen LogP contribution in [0.2, 0.25) is 0 Å². The van der Waals surface area contributed by atoms with E-state index >= 15 is 0 Å². The normalized spacial score (nSPS) is 11.1. The number of nitrogens with one attached hydrogen (secondary N) is 2. The van der Waals surface area contributed by atoms with Crippen molar-refractivity contribution in [1.82, 2.24) is 15.0 Å². The number of rotatable bonds is 6. The van der Waals surface area contributed by atoms with Crippen molar-refractivity contribution in [3.63, 3.8) is 0 Å². The molecule has 154 valence electrons. The van der Waals surface area contributed by atoms with Crippen molar-refractivity contribution in [3.05, 3.63) is 48.3 Å². The molecule has 30 heavy (non-hydrogen) atoms. The molecule has 2 heterocycles. The highest BCUT2D eigenvalue weighted by molar-refractivity contribution is 8.00. The predicted octanol–water partition coefficient (Wildman–Crippen LogP) is 4.14. The SMILES string of the molecule is COc1cc2[nH]c3c(SCC(=O)Nc4ccc(F)c(F)c4)ncnc3c2cc1OC. The topological polar surface area (TPSA) is 89.1 Å². The quantitative estimate of drug-likeness (QED) is 0.353. The van der Waals surface area contributed by atoms with E-state index in [1.165, 1.54) is 24.2 Å². The Morgan fingerprint density at radius 2 is 1.87 bits per heavy atom. The van der Waals surface area contributed by atoms with Crippen LogP contribution in [-0.4, -0.2) is 40.8 Å². The number of carbonyl (C=O) groups is 1. The fourth-order valence-electron chi connectivity index (χ4n) is 3.01. The molecule has 4 rings (SSSR count). The average molecular weight is 430 g/mol. The minimum absolute atomic E-state index is 0.0209. The lowest BCUT2D eigenvalue weighted by molar-refractivity contribution is -0.113. The van der Waals surface area contributed by atoms with Gasteiger partial charge >= 0.3 is 0 Å². The van der Waals surface area contributed by atoms with Crippen molar-refractivity contribution < 1.29 is 23.0 Å². The van der Waals surface area contributed by atoms with Crippen LogP contribution in [0.3, 0.4) is 0 Å². The number of H-pyrrole nitrogens is 1. The van der Waals surface area contributed by atoms with Crippen LogP contribution in [0, 0.1) is 11.6 Å². The molecule has 0 radical (unpaired) electrons. The molecule has 10 heteroatoms. The number of carbonyl (C=O) groups excluding carboxylic acids is 1. The maximum atomic E-state index is 13.3. The Balaban J connectivity index is 1.58. The van der Waals surface area contributed by atoms with Gasteiger partial charge in [-0.05, 0) is 18.2 Å². The van der Waals surface area contributed by atoms with Crippen molar-refractivity contribution in [2.45, 2.75) is 5.03 Å². The number of anilines is 1. The minimum atomic E-state index is -1.03. The molecular formula is C20H16F2N4O3S. The molecule has 0 aliphatic rings. The highest BCUT2D eigenvalue weighted by Gasteiger charge is 2.16. The molecule has 0 spiro atoms. The van der Waals surface area contributed by atoms with Gasteiger partial charge in [0, 0.05) is 23.2 Å². The third-order valence-corrected chi connectivity index (χ3v) is 5.38. The van der Waals surface area contributed by atoms with E-state index in [2.05, 4.69) is 20.3 Å². The van der Waals surface area contributed by atoms with Crippen molar-refractivity contribution in [1.29, 1.82) is 0 Å². The zero-order valence-electron chi connectivity index (χ0n) is 16.0. The summed E-state index contributed by atoms with van der Waals surface area (Å²) in [5.41, 5.74) is 2.33. The molecule has 0 aliphatic carbocycles. The highest BCUT2D eigenvalue weighted by atomic mass is 32.2. The van der Waals surface area contributed by atoms with Crippen LogP contribution in [0.15, 0.2) is 41.7 Å². The third-order valence-electron chi connectivity index (χ3n) is 4.39. The summed E-state index contributed by atoms with van der Waals surface area (Å²) in [6.45, 7) is 0. The molecule has 0 aliphatic heterocycles. The number of aromatic amines is 1. The number of benzene rings is 2. The van der Waals surface area contributed by atoms with E-state index in [9.17, 15) is 13.6 Å². The number of nitrogens with zero attached hydrogens (tertiary/aromatic N) is 2. The van der Waals surface area contributed by atoms with Crippen LogP contribution in [0.5, 0.6) is 11.5 Å². The fourth-order valence-corrected chi connectivity index (χ4v) is 3.77. The summed E-state index contributed by atoms with van der Waals surface area (Å²) < 4.78 is 37.0. The molecular weight excluding hydrogens is 414 g/mol. The van der Waals surface area contributed by atoms with Gasteiger partial charge in [-0.1, -0.05) is 11.8 Å². The number of amides is 1. The summed E-state index contributed by atoms with van der Waals surface area (Å²) in [7, 11) is 3.11. The molecule has 0 unspecified atom stereocenters. The van der Waals surface area contributed by atoms with Crippen LogP contribution in [0.4, 0.5) is 14.5 Å². The first-order chi connectivity index (χ1) is 14.5. The lowest BCUT2D eigenvalue weighted by Crippen LogP contribution is -2.14. The van der Waals surface area contributed by atoms with E-state index in [0.717, 1.165) is 23.0 Å². The summed E-state index contributed by atoms with van der Waals surface area (Å²) in [4.78, 5) is 24.1. The minimum Gasteiger partial charge on any atom is -0.493 e. The Hall–Kier alpha value is -3.40. The Kier molecular flexibility index (Phi) is 5.40. The molecule has 0 bridgehead atoms. The predicted molar refractivity (Wildman–Crippen MR) is 110 cm³/mol. The fraction of sp³-hybridized carbons (Fsp3) is 0.150. The van der Waals surface area contributed by atoms with Crippen molar-refractivity contribution in [3.8, 4) is 11.5 Å². The van der Waals surface area contributed by atoms with Gasteiger partial charge in [0.05, 0.1) is 31.0 Å². The number of thioether (sulfide) groups is 1. The second-order valence-electron chi connectivity index (χ2n) is 6.25. The molecule has 0 saturated carbocycles. The Morgan fingerprint density at radius 1 is 1.10 bits per heavy atom. The maximum absolute atomic E-state index is 13.3. The number of aromatic nitrogens is 3. The molecule has 2 aromatic carbocycles. The standard InChI is InChI=1S/C20H16F2N4O3S/c1-28-15-6-11-14(7-16(15)29-2)26-19-18(11)23-9-24-20(19)30-8-17(27)25-10-3-4-12(21)13(22)5-10/h3-7,9,26H,8H2,1-2H3,(H,25,27). The van der Waals surface area contributed by atoms with Gasteiger partial charge in [-0.25, -0.2) is 18.7 Å². The molecule has 0 fully saturated rings.